The van der Waals surface area contributed by atoms with Gasteiger partial charge in [0.15, 0.2) is 17.3 Å². The van der Waals surface area contributed by atoms with Crippen LogP contribution in [0.25, 0.3) is 6.08 Å². The fourth-order valence-corrected chi connectivity index (χ4v) is 12.5. The van der Waals surface area contributed by atoms with Crippen molar-refractivity contribution in [1.29, 1.82) is 0 Å². The Bertz CT molecular complexity index is 2280. The maximum Gasteiger partial charge on any atom is 0.163 e. The number of carbonyl (C=O) groups excluding carboxylic acids is 2. The molecule has 68 heavy (non-hydrogen) atoms. The number of aryl methyl sites for hydroxylation is 3. The highest BCUT2D eigenvalue weighted by Crippen LogP contribution is 2.47. The lowest BCUT2D eigenvalue weighted by molar-refractivity contribution is -0.124. The van der Waals surface area contributed by atoms with Gasteiger partial charge in [0, 0.05) is 25.2 Å². The number of ketones is 2. The summed E-state index contributed by atoms with van der Waals surface area (Å²) in [6.45, 7) is 3.13. The lowest BCUT2D eigenvalue weighted by atomic mass is 9.59. The number of nitrogens with one attached hydrogen (secondary N) is 3. The zero-order valence-electron chi connectivity index (χ0n) is 40.6. The van der Waals surface area contributed by atoms with Gasteiger partial charge in [0.2, 0.25) is 0 Å². The third kappa shape index (κ3) is 13.7. The molecule has 3 heterocycles. The number of aromatic hydroxyl groups is 1. The lowest BCUT2D eigenvalue weighted by Gasteiger charge is -2.51. The molecule has 1 saturated heterocycles. The molecule has 2 aliphatic carbocycles. The number of dihydropyridines is 1. The van der Waals surface area contributed by atoms with E-state index in [1.807, 2.05) is 6.20 Å². The Labute approximate surface area is 406 Å². The summed E-state index contributed by atoms with van der Waals surface area (Å²) in [5.74, 6) is 3.07. The van der Waals surface area contributed by atoms with Crippen LogP contribution in [0, 0.1) is 29.6 Å². The van der Waals surface area contributed by atoms with Gasteiger partial charge in [-0.15, -0.1) is 0 Å². The van der Waals surface area contributed by atoms with Crippen molar-refractivity contribution in [3.63, 3.8) is 0 Å². The molecule has 364 valence electrons. The predicted molar refractivity (Wildman–Crippen MR) is 274 cm³/mol. The third-order valence-corrected chi connectivity index (χ3v) is 16.1. The number of fused-ring (bicyclic) bond motifs is 2. The molecule has 2 saturated carbocycles. The quantitative estimate of drug-likeness (QED) is 0.0330. The molecule has 7 unspecified atom stereocenters. The van der Waals surface area contributed by atoms with Crippen LogP contribution in [-0.2, 0) is 35.3 Å². The molecule has 0 radical (unpaired) electrons. The molecule has 3 aliphatic heterocycles. The molecule has 9 heteroatoms. The van der Waals surface area contributed by atoms with E-state index in [1.165, 1.54) is 49.1 Å². The fraction of sp³-hybridized carbons (Fsp3) is 0.525. The van der Waals surface area contributed by atoms with Crippen molar-refractivity contribution >= 4 is 17.6 Å². The first-order valence-electron chi connectivity index (χ1n) is 26.1. The van der Waals surface area contributed by atoms with Gasteiger partial charge in [-0.3, -0.25) is 9.59 Å². The molecule has 5 aliphatic rings. The van der Waals surface area contributed by atoms with Gasteiger partial charge in [-0.2, -0.15) is 0 Å². The number of allylic oxidation sites excluding steroid dienone is 3. The number of carbonyl (C=O) groups is 2. The Morgan fingerprint density at radius 3 is 2.53 bits per heavy atom. The van der Waals surface area contributed by atoms with Crippen LogP contribution in [-0.4, -0.2) is 66.3 Å². The largest absolute Gasteiger partial charge is 0.504 e. The van der Waals surface area contributed by atoms with Gasteiger partial charge in [0.25, 0.3) is 0 Å². The van der Waals surface area contributed by atoms with Crippen LogP contribution in [0.2, 0.25) is 0 Å². The smallest absolute Gasteiger partial charge is 0.163 e. The molecule has 3 aromatic carbocycles. The molecule has 9 nitrogen and oxygen atoms in total. The number of methoxy groups -OCH3 is 1. The Morgan fingerprint density at radius 1 is 0.941 bits per heavy atom. The normalized spacial score (nSPS) is 24.8. The first kappa shape index (κ1) is 49.6. The third-order valence-electron chi connectivity index (χ3n) is 16.1. The van der Waals surface area contributed by atoms with E-state index in [-0.39, 0.29) is 29.9 Å². The second-order valence-corrected chi connectivity index (χ2v) is 20.9. The number of hydrogen-bond donors (Lipinski definition) is 6. The van der Waals surface area contributed by atoms with Crippen LogP contribution in [0.3, 0.4) is 0 Å². The molecule has 3 aromatic rings. The number of piperidine rings is 1. The molecule has 3 fully saturated rings. The van der Waals surface area contributed by atoms with Gasteiger partial charge >= 0.3 is 0 Å². The molecule has 7 atom stereocenters. The first-order valence-corrected chi connectivity index (χ1v) is 26.1. The van der Waals surface area contributed by atoms with Crippen molar-refractivity contribution in [3.8, 4) is 11.5 Å². The number of nitrogens with two attached hydrogens (primary N) is 1. The highest BCUT2D eigenvalue weighted by atomic mass is 16.5. The van der Waals surface area contributed by atoms with Crippen LogP contribution >= 0.6 is 0 Å². The van der Waals surface area contributed by atoms with Crippen molar-refractivity contribution < 1.29 is 24.5 Å². The summed E-state index contributed by atoms with van der Waals surface area (Å²) < 4.78 is 5.50. The number of ether oxygens (including phenoxy) is 1. The first-order chi connectivity index (χ1) is 33.1. The monoisotopic (exact) mass is 923 g/mol. The zero-order chi connectivity index (χ0) is 47.3. The minimum absolute atomic E-state index is 0.0250. The molecule has 0 amide bonds. The minimum Gasteiger partial charge on any atom is -0.504 e. The molecule has 0 bridgehead atoms. The average Bonchev–Trinajstić information content (AvgIpc) is 3.35. The zero-order valence-corrected chi connectivity index (χ0v) is 40.6. The summed E-state index contributed by atoms with van der Waals surface area (Å²) in [7, 11) is 1.52. The molecule has 0 aromatic heterocycles. The summed E-state index contributed by atoms with van der Waals surface area (Å²) in [6.07, 6.45) is 28.5. The van der Waals surface area contributed by atoms with E-state index in [9.17, 15) is 19.8 Å². The van der Waals surface area contributed by atoms with Gasteiger partial charge < -0.3 is 36.6 Å². The van der Waals surface area contributed by atoms with Gasteiger partial charge in [0.1, 0.15) is 5.78 Å². The number of rotatable bonds is 22. The predicted octanol–water partition coefficient (Wildman–Crippen LogP) is 9.64. The molecule has 0 spiro atoms. The number of phenolic OH excluding ortho intramolecular Hbond substituents is 1. The van der Waals surface area contributed by atoms with Crippen molar-refractivity contribution in [1.82, 2.24) is 16.0 Å². The van der Waals surface area contributed by atoms with Crippen molar-refractivity contribution in [2.45, 2.75) is 140 Å². The van der Waals surface area contributed by atoms with E-state index in [0.29, 0.717) is 54.2 Å². The van der Waals surface area contributed by atoms with Crippen LogP contribution < -0.4 is 26.4 Å². The Morgan fingerprint density at radius 2 is 1.72 bits per heavy atom. The maximum atomic E-state index is 13.5. The van der Waals surface area contributed by atoms with Gasteiger partial charge in [-0.1, -0.05) is 98.5 Å². The summed E-state index contributed by atoms with van der Waals surface area (Å²) in [5, 5.41) is 33.3. The summed E-state index contributed by atoms with van der Waals surface area (Å²) in [6, 6.07) is 23.4. The number of benzene rings is 3. The van der Waals surface area contributed by atoms with E-state index in [0.717, 1.165) is 125 Å². The summed E-state index contributed by atoms with van der Waals surface area (Å²) in [5.41, 5.74) is 13.5. The highest BCUT2D eigenvalue weighted by molar-refractivity contribution is 6.06. The average molecular weight is 923 g/mol. The van der Waals surface area contributed by atoms with Crippen LogP contribution in [0.5, 0.6) is 11.5 Å². The molecule has 7 N–H and O–H groups in total. The van der Waals surface area contributed by atoms with E-state index in [1.54, 1.807) is 18.2 Å². The van der Waals surface area contributed by atoms with Crippen LogP contribution in [0.4, 0.5) is 0 Å². The van der Waals surface area contributed by atoms with Gasteiger partial charge in [-0.25, -0.2) is 0 Å². The molecular formula is C59H78N4O5. The number of hydrogen-bond acceptors (Lipinski definition) is 9. The fourth-order valence-electron chi connectivity index (χ4n) is 12.5. The SMILES string of the molecule is COc1cc(C=CC(=O)CC(=O)CCCC(CCC2(O)CCCCC2)CC2C3CCNCC3CC3C=CCNC32)c(CC2=CNC(N)C=C2CCc2cccc(CCc3ccccc3)c2)cc1O. The van der Waals surface area contributed by atoms with E-state index < -0.39 is 5.60 Å². The second kappa shape index (κ2) is 24.2. The van der Waals surface area contributed by atoms with E-state index in [4.69, 9.17) is 10.5 Å². The standard InChI is InChI=1S/C59H78N4O5/c1-68-56-36-45(48(35-55(56)66)34-49-40-63-57(60)37-46(49)21-20-43-14-8-13-42(31-43)19-18-41-11-4-2-5-12-41)22-23-52(65)38-51(64)17-9-15-44(24-28-59(67)26-6-3-7-27-59)32-54-53-25-30-61-39-50(53)33-47-16-10-29-62-58(47)54/h2,4-5,8,10-14,16,22-23,31,35-37,40,44,47,50,53-54,57-58,61-63,66-67H,3,6-7,9,15,17-21,24-30,32-34,38-39,60H2,1H3. The van der Waals surface area contributed by atoms with E-state index in [2.05, 4.69) is 88.8 Å². The molecular weight excluding hydrogens is 845 g/mol. The number of phenols is 1. The summed E-state index contributed by atoms with van der Waals surface area (Å²) >= 11 is 0. The number of aliphatic hydroxyl groups is 1. The minimum atomic E-state index is -0.558. The van der Waals surface area contributed by atoms with Gasteiger partial charge in [-0.05, 0) is 189 Å². The highest BCUT2D eigenvalue weighted by Gasteiger charge is 2.45. The van der Waals surface area contributed by atoms with Crippen LogP contribution in [0.1, 0.15) is 124 Å². The second-order valence-electron chi connectivity index (χ2n) is 20.9. The molecule has 8 rings (SSSR count). The topological polar surface area (TPSA) is 146 Å². The maximum absolute atomic E-state index is 13.5. The van der Waals surface area contributed by atoms with Crippen molar-refractivity contribution in [3.05, 3.63) is 136 Å². The van der Waals surface area contributed by atoms with Gasteiger partial charge in [0.05, 0.1) is 25.3 Å². The lowest BCUT2D eigenvalue weighted by Crippen LogP contribution is -2.56. The Balaban J connectivity index is 0.878. The van der Waals surface area contributed by atoms with E-state index >= 15 is 0 Å². The Hall–Kier alpha value is -4.80. The Kier molecular flexibility index (Phi) is 17.6. The van der Waals surface area contributed by atoms with Crippen LogP contribution in [0.15, 0.2) is 108 Å². The van der Waals surface area contributed by atoms with Crippen molar-refractivity contribution in [2.75, 3.05) is 26.7 Å². The van der Waals surface area contributed by atoms with Crippen molar-refractivity contribution in [2.24, 2.45) is 35.3 Å². The summed E-state index contributed by atoms with van der Waals surface area (Å²) in [4.78, 5) is 26.9. The number of Topliss-reactive ketones (excluding diaryl/α,β-unsaturated/α-hetero) is 1.